The van der Waals surface area contributed by atoms with Crippen LogP contribution in [-0.4, -0.2) is 53.2 Å². The molecule has 0 atom stereocenters. The molecule has 1 aliphatic heterocycles. The van der Waals surface area contributed by atoms with Crippen molar-refractivity contribution >= 4 is 18.0 Å². The fraction of sp³-hybridized carbons (Fsp3) is 0.786. The summed E-state index contributed by atoms with van der Waals surface area (Å²) in [6.45, 7) is 6.53. The van der Waals surface area contributed by atoms with E-state index >= 15 is 0 Å². The third kappa shape index (κ3) is 6.46. The molecule has 0 aromatic rings. The summed E-state index contributed by atoms with van der Waals surface area (Å²) in [5, 5.41) is 11.1. The number of hydrogen-bond donors (Lipinski definition) is 2. The van der Waals surface area contributed by atoms with Crippen molar-refractivity contribution in [3.63, 3.8) is 0 Å². The number of carboxylic acids is 1. The molecule has 7 nitrogen and oxygen atoms in total. The zero-order valence-corrected chi connectivity index (χ0v) is 12.8. The number of carbonyl (C=O) groups is 3. The van der Waals surface area contributed by atoms with Crippen LogP contribution >= 0.6 is 0 Å². The summed E-state index contributed by atoms with van der Waals surface area (Å²) in [7, 11) is 0. The van der Waals surface area contributed by atoms with E-state index in [0.29, 0.717) is 25.9 Å². The maximum atomic E-state index is 11.9. The lowest BCUT2D eigenvalue weighted by molar-refractivity contribution is -0.137. The van der Waals surface area contributed by atoms with Crippen LogP contribution < -0.4 is 5.32 Å². The van der Waals surface area contributed by atoms with Gasteiger partial charge in [0.2, 0.25) is 5.91 Å². The standard InChI is InChI=1S/C14H24N2O5/c1-14(2,3)21-13(20)16-8-5-10(6-9-16)12(19)15-7-4-11(17)18/h10H,4-9H2,1-3H3,(H,15,19)(H,17,18). The van der Waals surface area contributed by atoms with Gasteiger partial charge < -0.3 is 20.1 Å². The predicted molar refractivity (Wildman–Crippen MR) is 75.8 cm³/mol. The predicted octanol–water partition coefficient (Wildman–Crippen LogP) is 1.22. The van der Waals surface area contributed by atoms with Crippen molar-refractivity contribution in [2.75, 3.05) is 19.6 Å². The highest BCUT2D eigenvalue weighted by Crippen LogP contribution is 2.19. The number of aliphatic carboxylic acids is 1. The van der Waals surface area contributed by atoms with Gasteiger partial charge in [0.15, 0.2) is 0 Å². The van der Waals surface area contributed by atoms with Gasteiger partial charge in [-0.25, -0.2) is 4.79 Å². The maximum Gasteiger partial charge on any atom is 0.410 e. The highest BCUT2D eigenvalue weighted by molar-refractivity contribution is 5.79. The highest BCUT2D eigenvalue weighted by atomic mass is 16.6. The Kier molecular flexibility index (Phi) is 5.99. The van der Waals surface area contributed by atoms with E-state index in [1.54, 1.807) is 4.90 Å². The molecule has 0 spiro atoms. The molecule has 0 aromatic carbocycles. The second-order valence-electron chi connectivity index (χ2n) is 6.18. The Balaban J connectivity index is 2.33. The minimum atomic E-state index is -0.935. The van der Waals surface area contributed by atoms with E-state index in [4.69, 9.17) is 9.84 Å². The molecular formula is C14H24N2O5. The van der Waals surface area contributed by atoms with Crippen LogP contribution in [-0.2, 0) is 14.3 Å². The molecule has 1 saturated heterocycles. The number of piperidine rings is 1. The van der Waals surface area contributed by atoms with Gasteiger partial charge in [-0.05, 0) is 33.6 Å². The number of ether oxygens (including phenoxy) is 1. The number of rotatable bonds is 4. The molecule has 1 aliphatic rings. The van der Waals surface area contributed by atoms with Gasteiger partial charge in [-0.2, -0.15) is 0 Å². The number of nitrogens with one attached hydrogen (secondary N) is 1. The van der Waals surface area contributed by atoms with Gasteiger partial charge in [-0.3, -0.25) is 9.59 Å². The van der Waals surface area contributed by atoms with E-state index < -0.39 is 11.6 Å². The molecule has 1 rings (SSSR count). The summed E-state index contributed by atoms with van der Waals surface area (Å²) in [5.74, 6) is -1.24. The van der Waals surface area contributed by atoms with Crippen molar-refractivity contribution in [2.45, 2.75) is 45.6 Å². The zero-order valence-electron chi connectivity index (χ0n) is 12.8. The average Bonchev–Trinajstić information content (AvgIpc) is 2.36. The van der Waals surface area contributed by atoms with E-state index in [-0.39, 0.29) is 30.9 Å². The average molecular weight is 300 g/mol. The third-order valence-corrected chi connectivity index (χ3v) is 3.16. The van der Waals surface area contributed by atoms with Crippen LogP contribution in [0.4, 0.5) is 4.79 Å². The Labute approximate surface area is 124 Å². The molecule has 21 heavy (non-hydrogen) atoms. The molecule has 0 unspecified atom stereocenters. The van der Waals surface area contributed by atoms with Crippen molar-refractivity contribution in [1.82, 2.24) is 10.2 Å². The summed E-state index contributed by atoms with van der Waals surface area (Å²) in [4.78, 5) is 35.7. The molecule has 0 aliphatic carbocycles. The SMILES string of the molecule is CC(C)(C)OC(=O)N1CCC(C(=O)NCCC(=O)O)CC1. The molecule has 0 bridgehead atoms. The quantitative estimate of drug-likeness (QED) is 0.814. The van der Waals surface area contributed by atoms with Crippen LogP contribution in [0.2, 0.25) is 0 Å². The van der Waals surface area contributed by atoms with Gasteiger partial charge in [-0.15, -0.1) is 0 Å². The monoisotopic (exact) mass is 300 g/mol. The third-order valence-electron chi connectivity index (χ3n) is 3.16. The van der Waals surface area contributed by atoms with Crippen molar-refractivity contribution in [3.05, 3.63) is 0 Å². The van der Waals surface area contributed by atoms with Crippen LogP contribution in [0.15, 0.2) is 0 Å². The smallest absolute Gasteiger partial charge is 0.410 e. The van der Waals surface area contributed by atoms with Crippen molar-refractivity contribution < 1.29 is 24.2 Å². The molecule has 1 heterocycles. The largest absolute Gasteiger partial charge is 0.481 e. The lowest BCUT2D eigenvalue weighted by Gasteiger charge is -2.32. The lowest BCUT2D eigenvalue weighted by Crippen LogP contribution is -2.45. The van der Waals surface area contributed by atoms with E-state index in [1.165, 1.54) is 0 Å². The fourth-order valence-corrected chi connectivity index (χ4v) is 2.09. The minimum absolute atomic E-state index is 0.0809. The second-order valence-corrected chi connectivity index (χ2v) is 6.18. The fourth-order valence-electron chi connectivity index (χ4n) is 2.09. The van der Waals surface area contributed by atoms with Crippen LogP contribution in [0.3, 0.4) is 0 Å². The summed E-state index contributed by atoms with van der Waals surface area (Å²) >= 11 is 0. The number of amides is 2. The van der Waals surface area contributed by atoms with Gasteiger partial charge in [0.05, 0.1) is 6.42 Å². The van der Waals surface area contributed by atoms with Crippen LogP contribution in [0.1, 0.15) is 40.0 Å². The molecule has 7 heteroatoms. The Morgan fingerprint density at radius 1 is 1.24 bits per heavy atom. The first-order chi connectivity index (χ1) is 9.69. The van der Waals surface area contributed by atoms with Crippen LogP contribution in [0, 0.1) is 5.92 Å². The summed E-state index contributed by atoms with van der Waals surface area (Å²) < 4.78 is 5.29. The summed E-state index contributed by atoms with van der Waals surface area (Å²) in [6, 6.07) is 0. The molecule has 0 radical (unpaired) electrons. The van der Waals surface area contributed by atoms with E-state index in [2.05, 4.69) is 5.32 Å². The Morgan fingerprint density at radius 2 is 1.81 bits per heavy atom. The number of carbonyl (C=O) groups excluding carboxylic acids is 2. The molecule has 0 saturated carbocycles. The topological polar surface area (TPSA) is 95.9 Å². The molecule has 1 fully saturated rings. The van der Waals surface area contributed by atoms with Gasteiger partial charge in [0.25, 0.3) is 0 Å². The minimum Gasteiger partial charge on any atom is -0.481 e. The van der Waals surface area contributed by atoms with Crippen molar-refractivity contribution in [3.8, 4) is 0 Å². The number of nitrogens with zero attached hydrogens (tertiary/aromatic N) is 1. The van der Waals surface area contributed by atoms with E-state index in [9.17, 15) is 14.4 Å². The van der Waals surface area contributed by atoms with Crippen LogP contribution in [0.5, 0.6) is 0 Å². The van der Waals surface area contributed by atoms with Crippen LogP contribution in [0.25, 0.3) is 0 Å². The van der Waals surface area contributed by atoms with Gasteiger partial charge >= 0.3 is 12.1 Å². The second kappa shape index (κ2) is 7.28. The van der Waals surface area contributed by atoms with Crippen molar-refractivity contribution in [1.29, 1.82) is 0 Å². The molecular weight excluding hydrogens is 276 g/mol. The molecule has 120 valence electrons. The van der Waals surface area contributed by atoms with Crippen molar-refractivity contribution in [2.24, 2.45) is 5.92 Å². The van der Waals surface area contributed by atoms with Gasteiger partial charge in [0.1, 0.15) is 5.60 Å². The maximum absolute atomic E-state index is 11.9. The number of carboxylic acid groups (broad SMARTS) is 1. The Hall–Kier alpha value is -1.79. The van der Waals surface area contributed by atoms with Gasteiger partial charge in [0, 0.05) is 25.6 Å². The molecule has 0 aromatic heterocycles. The summed E-state index contributed by atoms with van der Waals surface area (Å²) in [6.07, 6.45) is 0.700. The molecule has 2 N–H and O–H groups in total. The number of hydrogen-bond acceptors (Lipinski definition) is 4. The normalized spacial score (nSPS) is 16.4. The highest BCUT2D eigenvalue weighted by Gasteiger charge is 2.29. The first-order valence-corrected chi connectivity index (χ1v) is 7.16. The number of likely N-dealkylation sites (tertiary alicyclic amines) is 1. The van der Waals surface area contributed by atoms with E-state index in [1.807, 2.05) is 20.8 Å². The van der Waals surface area contributed by atoms with Gasteiger partial charge in [-0.1, -0.05) is 0 Å². The Bertz CT molecular complexity index is 395. The van der Waals surface area contributed by atoms with E-state index in [0.717, 1.165) is 0 Å². The summed E-state index contributed by atoms with van der Waals surface area (Å²) in [5.41, 5.74) is -0.526. The molecule has 2 amide bonds. The first-order valence-electron chi connectivity index (χ1n) is 7.16. The Morgan fingerprint density at radius 3 is 2.29 bits per heavy atom. The zero-order chi connectivity index (χ0) is 16.0. The first kappa shape index (κ1) is 17.3. The lowest BCUT2D eigenvalue weighted by atomic mass is 9.96.